The Kier molecular flexibility index (Phi) is 4.32. The number of carboxylic acids is 1. The summed E-state index contributed by atoms with van der Waals surface area (Å²) < 4.78 is 5.43. The number of benzene rings is 1. The van der Waals surface area contributed by atoms with Crippen molar-refractivity contribution in [1.82, 2.24) is 0 Å². The molecule has 1 N–H and O–H groups in total. The third-order valence-corrected chi connectivity index (χ3v) is 4.63. The van der Waals surface area contributed by atoms with Gasteiger partial charge in [0.1, 0.15) is 6.04 Å². The highest BCUT2D eigenvalue weighted by molar-refractivity contribution is 5.98. The number of carbonyl (C=O) groups excluding carboxylic acids is 1. The van der Waals surface area contributed by atoms with Crippen molar-refractivity contribution in [3.63, 3.8) is 0 Å². The molecule has 0 bridgehead atoms. The highest BCUT2D eigenvalue weighted by Crippen LogP contribution is 2.33. The minimum absolute atomic E-state index is 0.337. The van der Waals surface area contributed by atoms with Crippen molar-refractivity contribution < 1.29 is 19.4 Å². The molecule has 1 saturated carbocycles. The number of carbonyl (C=O) groups is 2. The predicted octanol–water partition coefficient (Wildman–Crippen LogP) is 3.22. The monoisotopic (exact) mass is 303 g/mol. The molecule has 118 valence electrons. The lowest BCUT2D eigenvalue weighted by molar-refractivity contribution is -0.138. The van der Waals surface area contributed by atoms with Crippen LogP contribution in [-0.2, 0) is 16.0 Å². The van der Waals surface area contributed by atoms with E-state index in [1.54, 1.807) is 6.07 Å². The molecule has 1 aliphatic heterocycles. The number of ether oxygens (including phenoxy) is 1. The van der Waals surface area contributed by atoms with E-state index in [2.05, 4.69) is 0 Å². The molecular weight excluding hydrogens is 282 g/mol. The summed E-state index contributed by atoms with van der Waals surface area (Å²) in [6.07, 6.45) is 5.61. The summed E-state index contributed by atoms with van der Waals surface area (Å²) >= 11 is 0. The van der Waals surface area contributed by atoms with Crippen LogP contribution in [0.1, 0.15) is 37.7 Å². The smallest absolute Gasteiger partial charge is 0.415 e. The topological polar surface area (TPSA) is 66.8 Å². The third kappa shape index (κ3) is 2.93. The first-order valence-electron chi connectivity index (χ1n) is 7.93. The van der Waals surface area contributed by atoms with E-state index >= 15 is 0 Å². The number of fused-ring (bicyclic) bond motifs is 1. The van der Waals surface area contributed by atoms with E-state index in [-0.39, 0.29) is 0 Å². The summed E-state index contributed by atoms with van der Waals surface area (Å²) in [6, 6.07) is 6.44. The Hall–Kier alpha value is -2.04. The van der Waals surface area contributed by atoms with Crippen molar-refractivity contribution in [2.24, 2.45) is 5.92 Å². The predicted molar refractivity (Wildman–Crippen MR) is 82.0 cm³/mol. The molecule has 2 aliphatic rings. The van der Waals surface area contributed by atoms with Crippen LogP contribution in [0.25, 0.3) is 0 Å². The normalized spacial score (nSPS) is 21.5. The molecule has 1 aliphatic carbocycles. The summed E-state index contributed by atoms with van der Waals surface area (Å²) in [5.74, 6) is -0.579. The van der Waals surface area contributed by atoms with Crippen LogP contribution in [0.4, 0.5) is 10.5 Å². The van der Waals surface area contributed by atoms with Crippen LogP contribution in [0.15, 0.2) is 24.3 Å². The molecule has 0 spiro atoms. The van der Waals surface area contributed by atoms with Crippen LogP contribution in [0.2, 0.25) is 0 Å². The van der Waals surface area contributed by atoms with Crippen LogP contribution in [0.3, 0.4) is 0 Å². The maximum Gasteiger partial charge on any atom is 0.415 e. The fraction of sp³-hybridized carbons (Fsp3) is 0.529. The summed E-state index contributed by atoms with van der Waals surface area (Å²) in [6.45, 7) is 0.393. The van der Waals surface area contributed by atoms with Crippen LogP contribution in [-0.4, -0.2) is 29.8 Å². The maximum absolute atomic E-state index is 12.4. The van der Waals surface area contributed by atoms with Gasteiger partial charge in [0, 0.05) is 6.42 Å². The minimum atomic E-state index is -0.995. The SMILES string of the molecule is O=C(O)[C@H]1Cc2ccccc2N1C(=O)OCC1CCCCC1. The van der Waals surface area contributed by atoms with Crippen LogP contribution < -0.4 is 4.90 Å². The van der Waals surface area contributed by atoms with Gasteiger partial charge < -0.3 is 9.84 Å². The molecule has 1 aromatic rings. The van der Waals surface area contributed by atoms with Crippen LogP contribution >= 0.6 is 0 Å². The number of amides is 1. The number of anilines is 1. The molecule has 5 nitrogen and oxygen atoms in total. The van der Waals surface area contributed by atoms with Gasteiger partial charge in [-0.05, 0) is 30.4 Å². The van der Waals surface area contributed by atoms with Crippen molar-refractivity contribution in [3.05, 3.63) is 29.8 Å². The fourth-order valence-corrected chi connectivity index (χ4v) is 3.42. The molecule has 1 fully saturated rings. The highest BCUT2D eigenvalue weighted by atomic mass is 16.6. The lowest BCUT2D eigenvalue weighted by Crippen LogP contribution is -2.43. The van der Waals surface area contributed by atoms with Crippen LogP contribution in [0.5, 0.6) is 0 Å². The Morgan fingerprint density at radius 1 is 1.18 bits per heavy atom. The minimum Gasteiger partial charge on any atom is -0.480 e. The number of nitrogens with zero attached hydrogens (tertiary/aromatic N) is 1. The van der Waals surface area contributed by atoms with Gasteiger partial charge in [-0.2, -0.15) is 0 Å². The average Bonchev–Trinajstić information content (AvgIpc) is 2.93. The Morgan fingerprint density at radius 3 is 2.64 bits per heavy atom. The van der Waals surface area contributed by atoms with Gasteiger partial charge in [0.05, 0.1) is 12.3 Å². The zero-order valence-corrected chi connectivity index (χ0v) is 12.5. The van der Waals surface area contributed by atoms with E-state index in [0.717, 1.165) is 18.4 Å². The summed E-state index contributed by atoms with van der Waals surface area (Å²) in [5, 5.41) is 9.37. The molecule has 0 saturated heterocycles. The van der Waals surface area contributed by atoms with E-state index in [1.807, 2.05) is 18.2 Å². The van der Waals surface area contributed by atoms with E-state index in [1.165, 1.54) is 24.2 Å². The molecule has 1 aromatic carbocycles. The van der Waals surface area contributed by atoms with E-state index in [4.69, 9.17) is 4.74 Å². The van der Waals surface area contributed by atoms with Gasteiger partial charge in [0.25, 0.3) is 0 Å². The number of carboxylic acid groups (broad SMARTS) is 1. The number of hydrogen-bond acceptors (Lipinski definition) is 3. The Morgan fingerprint density at radius 2 is 1.91 bits per heavy atom. The second-order valence-electron chi connectivity index (χ2n) is 6.14. The number of rotatable bonds is 3. The molecule has 1 amide bonds. The van der Waals surface area contributed by atoms with E-state index in [9.17, 15) is 14.7 Å². The maximum atomic E-state index is 12.4. The third-order valence-electron chi connectivity index (χ3n) is 4.63. The fourth-order valence-electron chi connectivity index (χ4n) is 3.42. The highest BCUT2D eigenvalue weighted by Gasteiger charge is 2.39. The first-order chi connectivity index (χ1) is 10.7. The van der Waals surface area contributed by atoms with Gasteiger partial charge in [0.15, 0.2) is 0 Å². The standard InChI is InChI=1S/C17H21NO4/c19-16(20)15-10-13-8-4-5-9-14(13)18(15)17(21)22-11-12-6-2-1-3-7-12/h4-5,8-9,12,15H,1-3,6-7,10-11H2,(H,19,20)/t15-/m1/s1. The van der Waals surface area contributed by atoms with Gasteiger partial charge in [0.2, 0.25) is 0 Å². The molecule has 1 atom stereocenters. The van der Waals surface area contributed by atoms with Crippen molar-refractivity contribution in [3.8, 4) is 0 Å². The van der Waals surface area contributed by atoms with E-state index < -0.39 is 18.1 Å². The van der Waals surface area contributed by atoms with Crippen molar-refractivity contribution >= 4 is 17.7 Å². The molecule has 0 unspecified atom stereocenters. The Balaban J connectivity index is 1.70. The van der Waals surface area contributed by atoms with Gasteiger partial charge in [-0.3, -0.25) is 4.90 Å². The van der Waals surface area contributed by atoms with Crippen LogP contribution in [0, 0.1) is 5.92 Å². The number of hydrogen-bond donors (Lipinski definition) is 1. The lowest BCUT2D eigenvalue weighted by atomic mass is 9.90. The average molecular weight is 303 g/mol. The largest absolute Gasteiger partial charge is 0.480 e. The molecule has 1 heterocycles. The summed E-state index contributed by atoms with van der Waals surface area (Å²) in [7, 11) is 0. The Bertz CT molecular complexity index is 566. The molecule has 5 heteroatoms. The molecular formula is C17H21NO4. The number of para-hydroxylation sites is 1. The molecule has 22 heavy (non-hydrogen) atoms. The second kappa shape index (κ2) is 6.38. The molecule has 0 aromatic heterocycles. The van der Waals surface area contributed by atoms with Gasteiger partial charge in [-0.25, -0.2) is 9.59 Å². The zero-order chi connectivity index (χ0) is 15.5. The first kappa shape index (κ1) is 14.9. The van der Waals surface area contributed by atoms with Crippen molar-refractivity contribution in [1.29, 1.82) is 0 Å². The van der Waals surface area contributed by atoms with Crippen molar-refractivity contribution in [2.45, 2.75) is 44.6 Å². The second-order valence-corrected chi connectivity index (χ2v) is 6.14. The quantitative estimate of drug-likeness (QED) is 0.931. The van der Waals surface area contributed by atoms with Gasteiger partial charge >= 0.3 is 12.1 Å². The Labute approximate surface area is 129 Å². The first-order valence-corrected chi connectivity index (χ1v) is 7.93. The number of aliphatic carboxylic acids is 1. The summed E-state index contributed by atoms with van der Waals surface area (Å²) in [4.78, 5) is 25.1. The lowest BCUT2D eigenvalue weighted by Gasteiger charge is -2.25. The molecule has 0 radical (unpaired) electrons. The summed E-state index contributed by atoms with van der Waals surface area (Å²) in [5.41, 5.74) is 1.54. The zero-order valence-electron chi connectivity index (χ0n) is 12.5. The molecule has 3 rings (SSSR count). The van der Waals surface area contributed by atoms with E-state index in [0.29, 0.717) is 24.6 Å². The van der Waals surface area contributed by atoms with Crippen molar-refractivity contribution in [2.75, 3.05) is 11.5 Å². The van der Waals surface area contributed by atoms with Gasteiger partial charge in [-0.15, -0.1) is 0 Å². The van der Waals surface area contributed by atoms with Gasteiger partial charge in [-0.1, -0.05) is 37.5 Å².